The molecule has 107 heavy (non-hydrogen) atoms. The molecule has 0 spiro atoms. The lowest BCUT2D eigenvalue weighted by Gasteiger charge is -2.12. The molecule has 0 bridgehead atoms. The number of halogens is 13. The zero-order valence-corrected chi connectivity index (χ0v) is 58.5. The summed E-state index contributed by atoms with van der Waals surface area (Å²) in [5.74, 6) is -4.26. The Morgan fingerprint density at radius 2 is 0.664 bits per heavy atom. The zero-order valence-electron chi connectivity index (χ0n) is 55.5. The second-order valence-electron chi connectivity index (χ2n) is 19.9. The SMILES string of the molecule is COC(=O)c1ccc(CN)cc1.COC(=O)c1ccc(CNc2nc(Nc3ccc(C(=O)OC)cc3)nc(OCC(F)(F)F)n2)cc1.COC(=O)c1ccc(N)cc1.Cl.Clc1nc(Cl)nc(Cl)n1.O=C(O)c1ccc(CNc2nc(Nc3ccc(C(=O)O)cc3)nc(OCC(F)(F)F)n2)cc1.OCC(F)(F)F. The van der Waals surface area contributed by atoms with Crippen molar-refractivity contribution in [1.82, 2.24) is 44.9 Å². The summed E-state index contributed by atoms with van der Waals surface area (Å²) in [4.78, 5) is 101. The third-order valence-corrected chi connectivity index (χ3v) is 12.6. The number of aliphatic hydroxyl groups is 1. The van der Waals surface area contributed by atoms with Crippen LogP contribution in [-0.4, -0.2) is 163 Å². The predicted molar refractivity (Wildman–Crippen MR) is 369 cm³/mol. The molecule has 0 saturated heterocycles. The molecule has 0 fully saturated rings. The third kappa shape index (κ3) is 35.0. The van der Waals surface area contributed by atoms with E-state index in [2.05, 4.69) is 94.5 Å². The molecule has 572 valence electrons. The van der Waals surface area contributed by atoms with Crippen molar-refractivity contribution in [2.24, 2.45) is 5.73 Å². The summed E-state index contributed by atoms with van der Waals surface area (Å²) < 4.78 is 135. The van der Waals surface area contributed by atoms with E-state index in [-0.39, 0.29) is 88.2 Å². The van der Waals surface area contributed by atoms with E-state index in [1.807, 2.05) is 12.1 Å². The highest BCUT2D eigenvalue weighted by Crippen LogP contribution is 2.24. The number of hydrogen-bond acceptors (Lipinski definition) is 28. The Labute approximate surface area is 620 Å². The number of carbonyl (C=O) groups excluding carboxylic acids is 4. The van der Waals surface area contributed by atoms with Crippen molar-refractivity contribution >= 4 is 124 Å². The predicted octanol–water partition coefficient (Wildman–Crippen LogP) is 12.1. The van der Waals surface area contributed by atoms with Gasteiger partial charge in [0, 0.05) is 36.7 Å². The summed E-state index contributed by atoms with van der Waals surface area (Å²) in [7, 11) is 5.23. The van der Waals surface area contributed by atoms with Gasteiger partial charge < -0.3 is 76.5 Å². The third-order valence-electron chi connectivity index (χ3n) is 12.1. The van der Waals surface area contributed by atoms with Crippen molar-refractivity contribution in [2.75, 3.05) is 75.3 Å². The van der Waals surface area contributed by atoms with E-state index in [0.717, 1.165) is 11.1 Å². The minimum atomic E-state index is -4.60. The lowest BCUT2D eigenvalue weighted by atomic mass is 10.1. The maximum absolute atomic E-state index is 12.6. The number of rotatable bonds is 21. The molecule has 0 aliphatic heterocycles. The number of benzene rings is 6. The van der Waals surface area contributed by atoms with Gasteiger partial charge in [0.2, 0.25) is 39.6 Å². The number of carboxylic acids is 2. The largest absolute Gasteiger partial charge is 0.478 e. The first kappa shape index (κ1) is 89.4. The number of aromatic carboxylic acids is 2. The van der Waals surface area contributed by atoms with Crippen LogP contribution < -0.4 is 42.2 Å². The van der Waals surface area contributed by atoms with E-state index in [9.17, 15) is 68.3 Å². The first-order valence-corrected chi connectivity index (χ1v) is 30.3. The molecule has 9 aromatic rings. The van der Waals surface area contributed by atoms with Gasteiger partial charge in [0.25, 0.3) is 0 Å². The summed E-state index contributed by atoms with van der Waals surface area (Å²) in [5, 5.41) is 36.4. The first-order valence-electron chi connectivity index (χ1n) is 29.2. The number of methoxy groups -OCH3 is 4. The van der Waals surface area contributed by atoms with Crippen molar-refractivity contribution in [3.63, 3.8) is 0 Å². The number of esters is 4. The number of carbonyl (C=O) groups is 6. The summed E-state index contributed by atoms with van der Waals surface area (Å²) in [6.45, 7) is -4.11. The van der Waals surface area contributed by atoms with Gasteiger partial charge in [0.05, 0.1) is 61.8 Å². The molecule has 0 radical (unpaired) electrons. The van der Waals surface area contributed by atoms with Crippen LogP contribution in [0.4, 0.5) is 80.4 Å². The highest BCUT2D eigenvalue weighted by Gasteiger charge is 2.31. The van der Waals surface area contributed by atoms with Crippen LogP contribution in [0.3, 0.4) is 0 Å². The van der Waals surface area contributed by atoms with Gasteiger partial charge >= 0.3 is 66.4 Å². The molecule has 0 saturated carbocycles. The van der Waals surface area contributed by atoms with E-state index in [4.69, 9.17) is 61.6 Å². The number of ether oxygens (including phenoxy) is 6. The van der Waals surface area contributed by atoms with E-state index in [0.29, 0.717) is 51.4 Å². The van der Waals surface area contributed by atoms with E-state index in [1.165, 1.54) is 77.0 Å². The average Bonchev–Trinajstić information content (AvgIpc) is 0.848. The highest BCUT2D eigenvalue weighted by atomic mass is 35.5. The van der Waals surface area contributed by atoms with Crippen molar-refractivity contribution in [3.05, 3.63) is 212 Å². The van der Waals surface area contributed by atoms with Crippen molar-refractivity contribution in [1.29, 1.82) is 0 Å². The van der Waals surface area contributed by atoms with Crippen LogP contribution in [-0.2, 0) is 38.6 Å². The van der Waals surface area contributed by atoms with Gasteiger partial charge in [-0.2, -0.15) is 84.4 Å². The molecule has 0 aliphatic carbocycles. The molecule has 0 amide bonds. The lowest BCUT2D eigenvalue weighted by Crippen LogP contribution is -2.21. The molecule has 43 heteroatoms. The summed E-state index contributed by atoms with van der Waals surface area (Å²) >= 11 is 16.0. The normalized spacial score (nSPS) is 10.4. The number of aromatic nitrogens is 9. The fourth-order valence-corrected chi connectivity index (χ4v) is 7.72. The van der Waals surface area contributed by atoms with Crippen molar-refractivity contribution in [3.8, 4) is 12.0 Å². The number of nitrogen functional groups attached to an aromatic ring is 1. The van der Waals surface area contributed by atoms with Gasteiger partial charge in [-0.1, -0.05) is 36.4 Å². The van der Waals surface area contributed by atoms with E-state index >= 15 is 0 Å². The maximum atomic E-state index is 12.6. The summed E-state index contributed by atoms with van der Waals surface area (Å²) in [6, 6.07) is 36.4. The Kier molecular flexibility index (Phi) is 36.9. The van der Waals surface area contributed by atoms with Gasteiger partial charge in [0.15, 0.2) is 13.2 Å². The van der Waals surface area contributed by atoms with E-state index in [1.54, 1.807) is 84.9 Å². The minimum absolute atomic E-state index is 0. The smallest absolute Gasteiger partial charge is 0.422 e. The first-order chi connectivity index (χ1) is 50.0. The Bertz CT molecular complexity index is 4280. The number of hydrogen-bond donors (Lipinski definition) is 9. The number of nitrogens with two attached hydrogens (primary N) is 2. The van der Waals surface area contributed by atoms with Gasteiger partial charge in [-0.25, -0.2) is 28.8 Å². The van der Waals surface area contributed by atoms with Crippen molar-refractivity contribution < 1.29 is 112 Å². The van der Waals surface area contributed by atoms with Crippen LogP contribution >= 0.6 is 47.2 Å². The number of nitrogens with zero attached hydrogens (tertiary/aromatic N) is 9. The molecule has 30 nitrogen and oxygen atoms in total. The monoisotopic (exact) mass is 1590 g/mol. The van der Waals surface area contributed by atoms with Crippen LogP contribution in [0.5, 0.6) is 12.0 Å². The number of anilines is 7. The molecule has 0 unspecified atom stereocenters. The fourth-order valence-electron chi connectivity index (χ4n) is 7.11. The highest BCUT2D eigenvalue weighted by molar-refractivity contribution is 6.33. The standard InChI is InChI=1S/C22H20F3N5O5.C20H16F3N5O5.C9H11NO2.C8H9NO2.C3Cl3N3.C2H3F3O.ClH/c1-33-17(31)14-5-3-13(4-6-14)11-26-19-28-20(30-21(29-19)35-12-22(23,24)25)27-16-9-7-15(8-10-16)18(32)34-2;21-20(22,23)10-33-19-27-17(24-9-11-1-3-12(4-2-11)15(29)30)26-18(28-19)25-14-7-5-13(6-8-14)16(31)32;1-12-9(11)8-4-2-7(6-10)3-5-8;1-11-8(10)6-2-4-7(9)5-3-6;4-1-7-2(5)9-3(6)8-1;3-2(4,5)1-6;/h3-10H,11-12H2,1-2H3,(H2,26,27,28,29,30);1-8H,9-10H2,(H,29,30)(H,31,32)(H2,24,25,26,27,28);2-5H,6,10H2,1H3;2-5H,9H2,1H3;;6H,1H2;1H. The topological polar surface area (TPSA) is 435 Å². The Morgan fingerprint density at radius 3 is 0.935 bits per heavy atom. The van der Waals surface area contributed by atoms with Crippen LogP contribution in [0.1, 0.15) is 78.8 Å². The van der Waals surface area contributed by atoms with E-state index < -0.39 is 74.2 Å². The molecule has 3 aromatic heterocycles. The number of nitrogens with one attached hydrogen (secondary N) is 4. The van der Waals surface area contributed by atoms with Crippen LogP contribution in [0, 0.1) is 0 Å². The average molecular weight is 1590 g/mol. The molecule has 6 aromatic carbocycles. The molecule has 9 rings (SSSR count). The number of alkyl halides is 9. The van der Waals surface area contributed by atoms with Gasteiger partial charge in [0.1, 0.15) is 6.61 Å². The van der Waals surface area contributed by atoms with Crippen LogP contribution in [0.25, 0.3) is 0 Å². The second-order valence-corrected chi connectivity index (χ2v) is 20.9. The Balaban J connectivity index is 0.000000373. The molecular formula is C64H60Cl4F9N15O15. The Hall–Kier alpha value is -11.8. The summed E-state index contributed by atoms with van der Waals surface area (Å²) in [6.07, 6.45) is -13.6. The lowest BCUT2D eigenvalue weighted by molar-refractivity contribution is -0.159. The number of aliphatic hydroxyl groups excluding tert-OH is 1. The Morgan fingerprint density at radius 1 is 0.402 bits per heavy atom. The minimum Gasteiger partial charge on any atom is -0.478 e. The van der Waals surface area contributed by atoms with Crippen LogP contribution in [0.15, 0.2) is 146 Å². The van der Waals surface area contributed by atoms with Gasteiger partial charge in [-0.15, -0.1) is 12.4 Å². The van der Waals surface area contributed by atoms with Gasteiger partial charge in [-0.05, 0) is 161 Å². The molecule has 0 atom stereocenters. The molecule has 3 heterocycles. The maximum Gasteiger partial charge on any atom is 0.422 e. The van der Waals surface area contributed by atoms with Gasteiger partial charge in [-0.3, -0.25) is 0 Å². The fraction of sp³-hybridized carbons (Fsp3) is 0.203. The molecule has 11 N–H and O–H groups in total. The molecule has 0 aliphatic rings. The van der Waals surface area contributed by atoms with Crippen LogP contribution in [0.2, 0.25) is 15.9 Å². The quantitative estimate of drug-likeness (QED) is 0.0140. The second kappa shape index (κ2) is 44.1. The zero-order chi connectivity index (χ0) is 78.7. The summed E-state index contributed by atoms with van der Waals surface area (Å²) in [5.41, 5.74) is 16.6. The van der Waals surface area contributed by atoms with Crippen molar-refractivity contribution in [2.45, 2.75) is 38.2 Å². The number of carboxylic acid groups (broad SMARTS) is 2. The molecular weight excluding hydrogens is 1530 g/mol.